The van der Waals surface area contributed by atoms with Crippen LogP contribution in [0.4, 0.5) is 56.9 Å². The van der Waals surface area contributed by atoms with Crippen molar-refractivity contribution in [3.63, 3.8) is 0 Å². The van der Waals surface area contributed by atoms with Crippen LogP contribution in [0, 0.1) is 13.8 Å². The lowest BCUT2D eigenvalue weighted by Gasteiger charge is -2.29. The molecule has 1 aromatic heterocycles. The molecule has 0 fully saturated rings. The van der Waals surface area contributed by atoms with E-state index in [1.165, 1.54) is 0 Å². The van der Waals surface area contributed by atoms with E-state index in [0.29, 0.717) is 0 Å². The molecule has 0 aliphatic carbocycles. The zero-order valence-electron chi connectivity index (χ0n) is 47.0. The molecule has 0 unspecified atom stereocenters. The molecule has 10 aromatic carbocycles. The smallest absolute Gasteiger partial charge is 0.0973 e. The number of aryl methyl sites for hydroxylation is 2. The quantitative estimate of drug-likeness (QED) is 0.0953. The van der Waals surface area contributed by atoms with E-state index in [-0.39, 0.29) is 0 Å². The molecule has 0 radical (unpaired) electrons. The first-order valence-electron chi connectivity index (χ1n) is 27.7. The normalized spacial score (nSPS) is 11.0. The summed E-state index contributed by atoms with van der Waals surface area (Å²) in [6, 6.07) is 93.5. The van der Waals surface area contributed by atoms with Gasteiger partial charge in [-0.05, 0) is 166 Å². The van der Waals surface area contributed by atoms with Crippen molar-refractivity contribution in [2.75, 3.05) is 26.6 Å². The van der Waals surface area contributed by atoms with Gasteiger partial charge in [-0.3, -0.25) is 0 Å². The highest BCUT2D eigenvalue weighted by molar-refractivity contribution is 5.91. The fourth-order valence-corrected chi connectivity index (χ4v) is 9.71. The lowest BCUT2D eigenvalue weighted by atomic mass is 10.0. The van der Waals surface area contributed by atoms with E-state index >= 15 is 0 Å². The third kappa shape index (κ3) is 12.8. The van der Waals surface area contributed by atoms with E-state index in [0.717, 1.165) is 114 Å². The van der Waals surface area contributed by atoms with Crippen LogP contribution in [0.1, 0.15) is 45.2 Å². The molecule has 0 N–H and O–H groups in total. The zero-order chi connectivity index (χ0) is 55.6. The molecule has 0 amide bonds. The fraction of sp³-hybridized carbons (Fsp3) is 0.108. The van der Waals surface area contributed by atoms with Crippen molar-refractivity contribution in [2.24, 2.45) is 0 Å². The summed E-state index contributed by atoms with van der Waals surface area (Å²) in [5, 5.41) is 0. The largest absolute Gasteiger partial charge is 0.345 e. The maximum absolute atomic E-state index is 5.46. The van der Waals surface area contributed by atoms with Gasteiger partial charge in [0.05, 0.1) is 22.4 Å². The monoisotopic (exact) mass is 1040 g/mol. The summed E-state index contributed by atoms with van der Waals surface area (Å²) in [5.41, 5.74) is 19.5. The number of rotatable bonds is 15. The van der Waals surface area contributed by atoms with E-state index < -0.39 is 0 Å². The number of aromatic nitrogens is 2. The Morgan fingerprint density at radius 1 is 0.362 bits per heavy atom. The molecule has 6 heteroatoms. The fourth-order valence-electron chi connectivity index (χ4n) is 9.71. The Balaban J connectivity index is 0.000000899. The van der Waals surface area contributed by atoms with Crippen LogP contribution in [-0.2, 0) is 0 Å². The van der Waals surface area contributed by atoms with Crippen molar-refractivity contribution in [2.45, 2.75) is 48.0 Å². The maximum Gasteiger partial charge on any atom is 0.0973 e. The van der Waals surface area contributed by atoms with Crippen LogP contribution < -0.4 is 19.6 Å². The molecule has 1 heterocycles. The summed E-state index contributed by atoms with van der Waals surface area (Å²) in [7, 11) is 2.10. The minimum absolute atomic E-state index is 0.835. The molecule has 0 aliphatic heterocycles. The van der Waals surface area contributed by atoms with E-state index in [1.54, 1.807) is 0 Å². The molecule has 0 saturated heterocycles. The van der Waals surface area contributed by atoms with Gasteiger partial charge < -0.3 is 19.6 Å². The number of hydrogen-bond acceptors (Lipinski definition) is 6. The summed E-state index contributed by atoms with van der Waals surface area (Å²) in [6.07, 6.45) is 7.54. The predicted molar refractivity (Wildman–Crippen MR) is 343 cm³/mol. The maximum atomic E-state index is 5.46. The van der Waals surface area contributed by atoms with E-state index in [2.05, 4.69) is 297 Å². The number of nitrogens with zero attached hydrogens (tertiary/aromatic N) is 6. The van der Waals surface area contributed by atoms with Crippen molar-refractivity contribution in [3.05, 3.63) is 302 Å². The predicted octanol–water partition coefficient (Wildman–Crippen LogP) is 21.0. The molecule has 11 aromatic rings. The van der Waals surface area contributed by atoms with Gasteiger partial charge in [-0.15, -0.1) is 0 Å². The number of anilines is 10. The van der Waals surface area contributed by atoms with E-state index in [9.17, 15) is 0 Å². The Morgan fingerprint density at radius 2 is 0.637 bits per heavy atom. The third-order valence-corrected chi connectivity index (χ3v) is 13.8. The average molecular weight is 1040 g/mol. The van der Waals surface area contributed by atoms with Gasteiger partial charge in [0.2, 0.25) is 0 Å². The lowest BCUT2D eigenvalue weighted by Crippen LogP contribution is -2.15. The highest BCUT2D eigenvalue weighted by Gasteiger charge is 2.21. The number of para-hydroxylation sites is 4. The van der Waals surface area contributed by atoms with Gasteiger partial charge in [0.25, 0.3) is 0 Å². The minimum Gasteiger partial charge on any atom is -0.345 e. The molecular weight excluding hydrogens is 973 g/mol. The molecule has 0 bridgehead atoms. The van der Waals surface area contributed by atoms with Crippen LogP contribution in [0.3, 0.4) is 0 Å². The van der Waals surface area contributed by atoms with Crippen LogP contribution >= 0.6 is 0 Å². The highest BCUT2D eigenvalue weighted by Crippen LogP contribution is 2.42. The molecule has 0 aliphatic rings. The van der Waals surface area contributed by atoms with Gasteiger partial charge in [-0.25, -0.2) is 9.97 Å². The number of hydrogen-bond donors (Lipinski definition) is 0. The standard InChI is InChI=1S/C66H58N6.C6H6.C2H6/c1-6-8-21-52(7-2)70(55-24-15-10-16-25-55)60-44-46-62(47-45-60)72(57-28-19-12-20-29-57)59-38-34-51(35-39-59)66-65(67-63-48(3)30-31-49(4)64(63)68-66)50-32-36-58(37-33-50)71(56-26-17-11-18-27-56)61-42-40-54(41-43-61)69(5)53-22-13-9-14-23-53;1-2-4-6-5-3-1;1-2/h7-47H,6H2,1-5H3;1-6H;1-2H3/b21-8-,52-7+;;. The second-order valence-corrected chi connectivity index (χ2v) is 19.0. The van der Waals surface area contributed by atoms with E-state index in [4.69, 9.17) is 9.97 Å². The van der Waals surface area contributed by atoms with Crippen molar-refractivity contribution < 1.29 is 0 Å². The number of fused-ring (bicyclic) bond motifs is 1. The second-order valence-electron chi connectivity index (χ2n) is 19.0. The summed E-state index contributed by atoms with van der Waals surface area (Å²) < 4.78 is 0. The van der Waals surface area contributed by atoms with Crippen LogP contribution in [0.25, 0.3) is 33.5 Å². The molecule has 396 valence electrons. The van der Waals surface area contributed by atoms with Crippen molar-refractivity contribution in [3.8, 4) is 22.5 Å². The first-order chi connectivity index (χ1) is 39.4. The average Bonchev–Trinajstić information content (AvgIpc) is 3.56. The molecule has 0 spiro atoms. The SMILES string of the molecule is C/C=C(\C=C/CC)N(c1ccccc1)c1ccc(N(c2ccccc2)c2ccc(-c3nc4c(C)ccc(C)c4nc3-c3ccc(N(c4ccccc4)c4ccc(N(C)c5ccccc5)cc4)cc3)cc2)cc1.CC.c1ccccc1. The summed E-state index contributed by atoms with van der Waals surface area (Å²) in [6.45, 7) is 12.5. The summed E-state index contributed by atoms with van der Waals surface area (Å²) in [4.78, 5) is 20.0. The Morgan fingerprint density at radius 3 is 1.00 bits per heavy atom. The van der Waals surface area contributed by atoms with Gasteiger partial charge in [0, 0.05) is 80.7 Å². The third-order valence-electron chi connectivity index (χ3n) is 13.8. The summed E-state index contributed by atoms with van der Waals surface area (Å²) >= 11 is 0. The number of allylic oxidation sites excluding steroid dienone is 3. The molecule has 0 saturated carbocycles. The lowest BCUT2D eigenvalue weighted by molar-refractivity contribution is 1.17. The molecule has 11 rings (SSSR count). The first kappa shape index (κ1) is 55.0. The summed E-state index contributed by atoms with van der Waals surface area (Å²) in [5.74, 6) is 0. The van der Waals surface area contributed by atoms with Gasteiger partial charge in [-0.1, -0.05) is 179 Å². The van der Waals surface area contributed by atoms with Gasteiger partial charge >= 0.3 is 0 Å². The zero-order valence-corrected chi connectivity index (χ0v) is 47.0. The highest BCUT2D eigenvalue weighted by atomic mass is 15.2. The van der Waals surface area contributed by atoms with Crippen LogP contribution in [0.15, 0.2) is 291 Å². The molecular formula is C74H70N6. The Labute approximate surface area is 474 Å². The first-order valence-corrected chi connectivity index (χ1v) is 27.7. The Hall–Kier alpha value is -9.78. The topological polar surface area (TPSA) is 38.7 Å². The molecule has 0 atom stereocenters. The van der Waals surface area contributed by atoms with Gasteiger partial charge in [-0.2, -0.15) is 0 Å². The van der Waals surface area contributed by atoms with Crippen LogP contribution in [0.2, 0.25) is 0 Å². The number of benzene rings is 10. The van der Waals surface area contributed by atoms with Crippen molar-refractivity contribution in [1.29, 1.82) is 0 Å². The molecule has 80 heavy (non-hydrogen) atoms. The van der Waals surface area contributed by atoms with Crippen LogP contribution in [0.5, 0.6) is 0 Å². The van der Waals surface area contributed by atoms with Gasteiger partial charge in [0.1, 0.15) is 0 Å². The van der Waals surface area contributed by atoms with Gasteiger partial charge in [0.15, 0.2) is 0 Å². The van der Waals surface area contributed by atoms with E-state index in [1.807, 2.05) is 56.3 Å². The molecule has 6 nitrogen and oxygen atoms in total. The Kier molecular flexibility index (Phi) is 18.6. The Bertz CT molecular complexity index is 3690. The minimum atomic E-state index is 0.835. The second kappa shape index (κ2) is 27.0. The van der Waals surface area contributed by atoms with Crippen LogP contribution in [-0.4, -0.2) is 17.0 Å². The van der Waals surface area contributed by atoms with Crippen molar-refractivity contribution in [1.82, 2.24) is 9.97 Å². The van der Waals surface area contributed by atoms with Crippen molar-refractivity contribution >= 4 is 67.9 Å².